The van der Waals surface area contributed by atoms with Crippen LogP contribution in [-0.4, -0.2) is 32.3 Å². The van der Waals surface area contributed by atoms with E-state index in [-0.39, 0.29) is 23.1 Å². The molecule has 0 aliphatic rings. The number of unbranched alkanes of at least 4 members (excludes halogenated alkanes) is 1. The first-order valence-corrected chi connectivity index (χ1v) is 8.66. The number of carbonyl (C=O) groups is 1. The van der Waals surface area contributed by atoms with E-state index in [2.05, 4.69) is 17.0 Å². The Morgan fingerprint density at radius 3 is 2.56 bits per heavy atom. The van der Waals surface area contributed by atoms with Crippen molar-refractivity contribution < 1.29 is 4.79 Å². The third-order valence-corrected chi connectivity index (χ3v) is 4.24. The van der Waals surface area contributed by atoms with Crippen LogP contribution in [-0.2, 0) is 13.5 Å². The molecule has 1 amide bonds. The van der Waals surface area contributed by atoms with Gasteiger partial charge in [-0.1, -0.05) is 13.3 Å². The van der Waals surface area contributed by atoms with Gasteiger partial charge in [-0.25, -0.2) is 4.98 Å². The topological polar surface area (TPSA) is 73.0 Å². The zero-order valence-corrected chi connectivity index (χ0v) is 15.9. The quantitative estimate of drug-likeness (QED) is 0.806. The smallest absolute Gasteiger partial charge is 0.266 e. The molecule has 2 aromatic rings. The molecule has 0 saturated heterocycles. The molecule has 0 bridgehead atoms. The van der Waals surface area contributed by atoms with Crippen LogP contribution < -0.4 is 10.5 Å². The minimum Gasteiger partial charge on any atom is -0.308 e. The minimum absolute atomic E-state index is 0.0531. The van der Waals surface area contributed by atoms with Gasteiger partial charge in [0.15, 0.2) is 0 Å². The number of carbonyl (C=O) groups excluding carboxylic acids is 1. The van der Waals surface area contributed by atoms with Crippen LogP contribution in [0.3, 0.4) is 0 Å². The summed E-state index contributed by atoms with van der Waals surface area (Å²) < 4.78 is 3.26. The Morgan fingerprint density at radius 2 is 2.04 bits per heavy atom. The number of aryl methyl sites for hydroxylation is 3. The van der Waals surface area contributed by atoms with Crippen molar-refractivity contribution in [3.63, 3.8) is 0 Å². The van der Waals surface area contributed by atoms with Gasteiger partial charge in [0.25, 0.3) is 11.5 Å². The first-order chi connectivity index (χ1) is 11.8. The summed E-state index contributed by atoms with van der Waals surface area (Å²) in [7, 11) is 3.42. The van der Waals surface area contributed by atoms with Gasteiger partial charge in [0.1, 0.15) is 11.4 Å². The molecule has 2 rings (SSSR count). The van der Waals surface area contributed by atoms with E-state index in [0.717, 1.165) is 25.1 Å². The van der Waals surface area contributed by atoms with Gasteiger partial charge in [-0.15, -0.1) is 0 Å². The van der Waals surface area contributed by atoms with Crippen molar-refractivity contribution in [1.82, 2.24) is 19.3 Å². The number of aromatic nitrogens is 4. The van der Waals surface area contributed by atoms with Crippen molar-refractivity contribution in [1.29, 1.82) is 0 Å². The molecule has 0 radical (unpaired) electrons. The lowest BCUT2D eigenvalue weighted by molar-refractivity contribution is 0.0989. The Kier molecular flexibility index (Phi) is 5.77. The van der Waals surface area contributed by atoms with Crippen molar-refractivity contribution in [2.45, 2.75) is 53.0 Å². The second-order valence-electron chi connectivity index (χ2n) is 6.60. The normalized spacial score (nSPS) is 11.2. The largest absolute Gasteiger partial charge is 0.308 e. The van der Waals surface area contributed by atoms with E-state index in [1.807, 2.05) is 13.8 Å². The van der Waals surface area contributed by atoms with E-state index in [9.17, 15) is 9.59 Å². The number of anilines is 1. The van der Waals surface area contributed by atoms with Crippen LogP contribution in [0.2, 0.25) is 0 Å². The Labute approximate surface area is 148 Å². The molecule has 0 aliphatic heterocycles. The van der Waals surface area contributed by atoms with Gasteiger partial charge in [-0.05, 0) is 27.2 Å². The molecule has 2 aromatic heterocycles. The monoisotopic (exact) mass is 345 g/mol. The lowest BCUT2D eigenvalue weighted by atomic mass is 10.1. The van der Waals surface area contributed by atoms with Gasteiger partial charge in [0.05, 0.1) is 17.6 Å². The molecule has 0 spiro atoms. The zero-order chi connectivity index (χ0) is 18.7. The number of nitrogens with zero attached hydrogens (tertiary/aromatic N) is 5. The van der Waals surface area contributed by atoms with E-state index >= 15 is 0 Å². The Hall–Kier alpha value is -2.44. The molecule has 0 saturated carbocycles. The first kappa shape index (κ1) is 18.9. The van der Waals surface area contributed by atoms with E-state index in [0.29, 0.717) is 11.4 Å². The van der Waals surface area contributed by atoms with E-state index in [4.69, 9.17) is 0 Å². The average Bonchev–Trinajstić information content (AvgIpc) is 2.97. The Morgan fingerprint density at radius 1 is 1.36 bits per heavy atom. The summed E-state index contributed by atoms with van der Waals surface area (Å²) in [6.45, 7) is 7.71. The summed E-state index contributed by atoms with van der Waals surface area (Å²) in [6.07, 6.45) is 6.05. The maximum atomic E-state index is 13.1. The number of hydrogen-bond donors (Lipinski definition) is 0. The maximum absolute atomic E-state index is 13.1. The number of hydrogen-bond acceptors (Lipinski definition) is 4. The standard InChI is InChI=1S/C18H27N5O2/c1-7-8-9-15-20-13(4)16(18(25)23(15)12(2)3)17(24)22(6)14-10-19-21(5)11-14/h10-12H,7-9H2,1-6H3. The van der Waals surface area contributed by atoms with E-state index < -0.39 is 0 Å². The Bertz CT molecular complexity index is 819. The van der Waals surface area contributed by atoms with Gasteiger partial charge in [-0.3, -0.25) is 18.8 Å². The summed E-state index contributed by atoms with van der Waals surface area (Å²) in [4.78, 5) is 32.0. The molecule has 136 valence electrons. The lowest BCUT2D eigenvalue weighted by Gasteiger charge is -2.20. The predicted octanol–water partition coefficient (Wildman–Crippen LogP) is 2.49. The number of rotatable bonds is 6. The van der Waals surface area contributed by atoms with Crippen molar-refractivity contribution in [2.75, 3.05) is 11.9 Å². The lowest BCUT2D eigenvalue weighted by Crippen LogP contribution is -2.38. The van der Waals surface area contributed by atoms with Crippen molar-refractivity contribution in [2.24, 2.45) is 7.05 Å². The predicted molar refractivity (Wildman–Crippen MR) is 98.2 cm³/mol. The fraction of sp³-hybridized carbons (Fsp3) is 0.556. The van der Waals surface area contributed by atoms with Crippen LogP contribution in [0, 0.1) is 6.92 Å². The second-order valence-corrected chi connectivity index (χ2v) is 6.60. The maximum Gasteiger partial charge on any atom is 0.266 e. The first-order valence-electron chi connectivity index (χ1n) is 8.66. The Balaban J connectivity index is 2.52. The van der Waals surface area contributed by atoms with Crippen LogP contribution in [0.25, 0.3) is 0 Å². The molecular weight excluding hydrogens is 318 g/mol. The minimum atomic E-state index is -0.362. The van der Waals surface area contributed by atoms with Gasteiger partial charge in [0.2, 0.25) is 0 Å². The molecule has 0 N–H and O–H groups in total. The summed E-state index contributed by atoms with van der Waals surface area (Å²) in [6, 6.07) is -0.0531. The van der Waals surface area contributed by atoms with Crippen LogP contribution in [0.4, 0.5) is 5.69 Å². The third-order valence-electron chi connectivity index (χ3n) is 4.24. The summed E-state index contributed by atoms with van der Waals surface area (Å²) in [5.74, 6) is 0.388. The fourth-order valence-electron chi connectivity index (χ4n) is 2.85. The van der Waals surface area contributed by atoms with E-state index in [1.54, 1.807) is 42.7 Å². The van der Waals surface area contributed by atoms with Crippen LogP contribution in [0.15, 0.2) is 17.2 Å². The summed E-state index contributed by atoms with van der Waals surface area (Å²) in [5, 5.41) is 4.08. The summed E-state index contributed by atoms with van der Waals surface area (Å²) in [5.41, 5.74) is 0.973. The molecule has 0 fully saturated rings. The fourth-order valence-corrected chi connectivity index (χ4v) is 2.85. The van der Waals surface area contributed by atoms with Crippen molar-refractivity contribution in [3.05, 3.63) is 39.8 Å². The second kappa shape index (κ2) is 7.63. The van der Waals surface area contributed by atoms with Gasteiger partial charge in [-0.2, -0.15) is 5.10 Å². The van der Waals surface area contributed by atoms with E-state index in [1.165, 1.54) is 4.90 Å². The molecule has 2 heterocycles. The molecular formula is C18H27N5O2. The van der Waals surface area contributed by atoms with Gasteiger partial charge < -0.3 is 4.90 Å². The highest BCUT2D eigenvalue weighted by atomic mass is 16.2. The van der Waals surface area contributed by atoms with Crippen LogP contribution >= 0.6 is 0 Å². The van der Waals surface area contributed by atoms with Crippen molar-refractivity contribution in [3.8, 4) is 0 Å². The van der Waals surface area contributed by atoms with Crippen LogP contribution in [0.1, 0.15) is 61.5 Å². The molecule has 7 heteroatoms. The molecule has 0 atom stereocenters. The summed E-state index contributed by atoms with van der Waals surface area (Å²) >= 11 is 0. The molecule has 7 nitrogen and oxygen atoms in total. The highest BCUT2D eigenvalue weighted by molar-refractivity contribution is 6.06. The molecule has 0 aromatic carbocycles. The van der Waals surface area contributed by atoms with Crippen molar-refractivity contribution >= 4 is 11.6 Å². The SMILES string of the molecule is CCCCc1nc(C)c(C(=O)N(C)c2cnn(C)c2)c(=O)n1C(C)C. The highest BCUT2D eigenvalue weighted by Gasteiger charge is 2.24. The molecule has 0 unspecified atom stereocenters. The number of amides is 1. The zero-order valence-electron chi connectivity index (χ0n) is 15.9. The average molecular weight is 345 g/mol. The molecule has 0 aliphatic carbocycles. The molecule has 25 heavy (non-hydrogen) atoms. The highest BCUT2D eigenvalue weighted by Crippen LogP contribution is 2.16. The van der Waals surface area contributed by atoms with Gasteiger partial charge in [0, 0.05) is 32.8 Å². The van der Waals surface area contributed by atoms with Crippen LogP contribution in [0.5, 0.6) is 0 Å². The third kappa shape index (κ3) is 3.81. The van der Waals surface area contributed by atoms with Gasteiger partial charge >= 0.3 is 0 Å².